The molecule has 2 N–H and O–H groups in total. The van der Waals surface area contributed by atoms with E-state index in [2.05, 4.69) is 49.0 Å². The number of fused-ring (bicyclic) bond motifs is 1. The van der Waals surface area contributed by atoms with Gasteiger partial charge < -0.3 is 25.2 Å². The van der Waals surface area contributed by atoms with E-state index in [0.29, 0.717) is 28.9 Å². The first-order valence-corrected chi connectivity index (χ1v) is 12.6. The molecule has 1 fully saturated rings. The van der Waals surface area contributed by atoms with Gasteiger partial charge in [0.05, 0.1) is 27.6 Å². The Kier molecular flexibility index (Phi) is 7.67. The van der Waals surface area contributed by atoms with E-state index in [1.807, 2.05) is 36.4 Å². The largest absolute Gasteiger partial charge is 0.486 e. The number of hydrogen-bond acceptors (Lipinski definition) is 8. The average molecular weight is 530 g/mol. The van der Waals surface area contributed by atoms with Crippen molar-refractivity contribution in [3.05, 3.63) is 84.4 Å². The molecule has 4 aromatic rings. The lowest BCUT2D eigenvalue weighted by Gasteiger charge is -2.35. The van der Waals surface area contributed by atoms with Crippen molar-refractivity contribution in [2.75, 3.05) is 48.8 Å². The van der Waals surface area contributed by atoms with Gasteiger partial charge in [0, 0.05) is 43.4 Å². The summed E-state index contributed by atoms with van der Waals surface area (Å²) < 4.78 is 5.84. The minimum Gasteiger partial charge on any atom is -0.486 e. The first-order chi connectivity index (χ1) is 18.5. The zero-order valence-corrected chi connectivity index (χ0v) is 21.8. The highest BCUT2D eigenvalue weighted by Gasteiger charge is 2.20. The number of pyridine rings is 1. The number of carbonyl (C=O) groups excluding carboxylic acids is 1. The van der Waals surface area contributed by atoms with Gasteiger partial charge in [-0.1, -0.05) is 24.2 Å². The third kappa shape index (κ3) is 5.85. The molecule has 0 aliphatic carbocycles. The number of aromatic nitrogens is 3. The van der Waals surface area contributed by atoms with Gasteiger partial charge in [-0.05, 0) is 55.6 Å². The predicted molar refractivity (Wildman–Crippen MR) is 151 cm³/mol. The summed E-state index contributed by atoms with van der Waals surface area (Å²) in [5, 5.41) is 7.51. The molecule has 1 saturated heterocycles. The first kappa shape index (κ1) is 25.4. The molecule has 0 unspecified atom stereocenters. The van der Waals surface area contributed by atoms with E-state index in [9.17, 15) is 4.79 Å². The summed E-state index contributed by atoms with van der Waals surface area (Å²) in [5.41, 5.74) is 3.91. The Labute approximate surface area is 226 Å². The molecular weight excluding hydrogens is 502 g/mol. The van der Waals surface area contributed by atoms with Crippen molar-refractivity contribution in [2.24, 2.45) is 0 Å². The molecule has 194 valence electrons. The average Bonchev–Trinajstić information content (AvgIpc) is 2.93. The molecule has 0 atom stereocenters. The summed E-state index contributed by atoms with van der Waals surface area (Å²) in [6.45, 7) is 7.48. The fraction of sp³-hybridized carbons (Fsp3) is 0.214. The standard InChI is InChI=1S/C28H28ClN7O2/c1-3-27(37)34-24-15-21-23(16-25(24)36-12-10-35(2)11-13-36)31-18-32-28(21)33-19-7-8-26(22(29)14-19)38-17-20-6-4-5-9-30-20/h3-9,14-16,18H,1,10-13,17H2,2H3,(H,34,37)(H,31,32,33). The maximum absolute atomic E-state index is 12.3. The molecule has 1 aliphatic rings. The van der Waals surface area contributed by atoms with E-state index < -0.39 is 0 Å². The Hall–Kier alpha value is -4.21. The topological polar surface area (TPSA) is 95.5 Å². The number of hydrogen-bond donors (Lipinski definition) is 2. The summed E-state index contributed by atoms with van der Waals surface area (Å²) in [5.74, 6) is 0.869. The molecule has 0 bridgehead atoms. The number of carbonyl (C=O) groups is 1. The molecule has 2 aromatic carbocycles. The summed E-state index contributed by atoms with van der Waals surface area (Å²) in [4.78, 5) is 30.0. The molecule has 0 radical (unpaired) electrons. The van der Waals surface area contributed by atoms with Crippen LogP contribution in [-0.4, -0.2) is 59.0 Å². The van der Waals surface area contributed by atoms with Crippen molar-refractivity contribution in [1.29, 1.82) is 0 Å². The van der Waals surface area contributed by atoms with Crippen molar-refractivity contribution in [3.63, 3.8) is 0 Å². The Morgan fingerprint density at radius 1 is 1.11 bits per heavy atom. The van der Waals surface area contributed by atoms with Gasteiger partial charge in [0.1, 0.15) is 24.5 Å². The zero-order valence-electron chi connectivity index (χ0n) is 21.0. The van der Waals surface area contributed by atoms with Gasteiger partial charge in [0.15, 0.2) is 0 Å². The highest BCUT2D eigenvalue weighted by atomic mass is 35.5. The number of halogens is 1. The van der Waals surface area contributed by atoms with Crippen LogP contribution >= 0.6 is 11.6 Å². The van der Waals surface area contributed by atoms with Crippen LogP contribution in [0.3, 0.4) is 0 Å². The van der Waals surface area contributed by atoms with Gasteiger partial charge in [-0.15, -0.1) is 0 Å². The second kappa shape index (κ2) is 11.5. The number of rotatable bonds is 8. The van der Waals surface area contributed by atoms with Crippen molar-refractivity contribution in [3.8, 4) is 5.75 Å². The number of ether oxygens (including phenoxy) is 1. The third-order valence-electron chi connectivity index (χ3n) is 6.34. The van der Waals surface area contributed by atoms with Crippen LogP contribution in [-0.2, 0) is 11.4 Å². The van der Waals surface area contributed by atoms with Gasteiger partial charge in [-0.3, -0.25) is 9.78 Å². The molecule has 3 heterocycles. The molecule has 0 spiro atoms. The van der Waals surface area contributed by atoms with Crippen LogP contribution in [0.4, 0.5) is 22.9 Å². The van der Waals surface area contributed by atoms with Gasteiger partial charge >= 0.3 is 0 Å². The van der Waals surface area contributed by atoms with Gasteiger partial charge in [-0.25, -0.2) is 9.97 Å². The van der Waals surface area contributed by atoms with E-state index in [1.54, 1.807) is 18.3 Å². The van der Waals surface area contributed by atoms with Gasteiger partial charge in [0.2, 0.25) is 5.91 Å². The maximum atomic E-state index is 12.3. The lowest BCUT2D eigenvalue weighted by molar-refractivity contribution is -0.111. The third-order valence-corrected chi connectivity index (χ3v) is 6.63. The summed E-state index contributed by atoms with van der Waals surface area (Å²) in [7, 11) is 2.11. The van der Waals surface area contributed by atoms with E-state index in [-0.39, 0.29) is 5.91 Å². The molecule has 38 heavy (non-hydrogen) atoms. The molecule has 1 amide bonds. The van der Waals surface area contributed by atoms with Crippen molar-refractivity contribution in [1.82, 2.24) is 19.9 Å². The molecule has 9 nitrogen and oxygen atoms in total. The molecule has 0 saturated carbocycles. The van der Waals surface area contributed by atoms with E-state index in [4.69, 9.17) is 16.3 Å². The Morgan fingerprint density at radius 2 is 1.95 bits per heavy atom. The first-order valence-electron chi connectivity index (χ1n) is 12.2. The van der Waals surface area contributed by atoms with Crippen LogP contribution in [0.2, 0.25) is 5.02 Å². The number of likely N-dealkylation sites (N-methyl/N-ethyl adjacent to an activating group) is 1. The van der Waals surface area contributed by atoms with Crippen LogP contribution in [0, 0.1) is 0 Å². The minimum atomic E-state index is -0.279. The molecular formula is C28H28ClN7O2. The zero-order chi connectivity index (χ0) is 26.5. The van der Waals surface area contributed by atoms with Crippen LogP contribution in [0.15, 0.2) is 73.7 Å². The van der Waals surface area contributed by atoms with Crippen molar-refractivity contribution < 1.29 is 9.53 Å². The predicted octanol–water partition coefficient (Wildman–Crippen LogP) is 4.88. The maximum Gasteiger partial charge on any atom is 0.247 e. The van der Waals surface area contributed by atoms with Crippen LogP contribution < -0.4 is 20.3 Å². The van der Waals surface area contributed by atoms with Crippen molar-refractivity contribution >= 4 is 51.3 Å². The normalized spacial score (nSPS) is 13.8. The number of benzene rings is 2. The fourth-order valence-electron chi connectivity index (χ4n) is 4.25. The number of piperazine rings is 1. The number of anilines is 4. The van der Waals surface area contributed by atoms with E-state index in [0.717, 1.165) is 54.2 Å². The Morgan fingerprint density at radius 3 is 2.68 bits per heavy atom. The number of amides is 1. The summed E-state index contributed by atoms with van der Waals surface area (Å²) in [6.07, 6.45) is 4.51. The second-order valence-electron chi connectivity index (χ2n) is 8.97. The monoisotopic (exact) mass is 529 g/mol. The Balaban J connectivity index is 1.42. The van der Waals surface area contributed by atoms with Crippen molar-refractivity contribution in [2.45, 2.75) is 6.61 Å². The SMILES string of the molecule is C=CC(=O)Nc1cc2c(Nc3ccc(OCc4ccccn4)c(Cl)c3)ncnc2cc1N1CCN(C)CC1. The number of nitrogens with zero attached hydrogens (tertiary/aromatic N) is 5. The minimum absolute atomic E-state index is 0.279. The smallest absolute Gasteiger partial charge is 0.247 e. The van der Waals surface area contributed by atoms with Crippen LogP contribution in [0.1, 0.15) is 5.69 Å². The molecule has 2 aromatic heterocycles. The van der Waals surface area contributed by atoms with Gasteiger partial charge in [0.25, 0.3) is 0 Å². The molecule has 10 heteroatoms. The molecule has 5 rings (SSSR count). The number of nitrogens with one attached hydrogen (secondary N) is 2. The molecule has 1 aliphatic heterocycles. The second-order valence-corrected chi connectivity index (χ2v) is 9.38. The lowest BCUT2D eigenvalue weighted by atomic mass is 10.1. The van der Waals surface area contributed by atoms with Crippen LogP contribution in [0.5, 0.6) is 5.75 Å². The van der Waals surface area contributed by atoms with Crippen LogP contribution in [0.25, 0.3) is 10.9 Å². The summed E-state index contributed by atoms with van der Waals surface area (Å²) in [6, 6.07) is 15.0. The van der Waals surface area contributed by atoms with Gasteiger partial charge in [-0.2, -0.15) is 0 Å². The highest BCUT2D eigenvalue weighted by molar-refractivity contribution is 6.32. The highest BCUT2D eigenvalue weighted by Crippen LogP contribution is 2.35. The summed E-state index contributed by atoms with van der Waals surface area (Å²) >= 11 is 6.51. The fourth-order valence-corrected chi connectivity index (χ4v) is 4.49. The quantitative estimate of drug-likeness (QED) is 0.312. The Bertz CT molecular complexity index is 1460. The van der Waals surface area contributed by atoms with E-state index in [1.165, 1.54) is 12.4 Å². The van der Waals surface area contributed by atoms with E-state index >= 15 is 0 Å². The lowest BCUT2D eigenvalue weighted by Crippen LogP contribution is -2.44.